The van der Waals surface area contributed by atoms with Crippen molar-refractivity contribution < 1.29 is 4.39 Å². The third kappa shape index (κ3) is 1.54. The van der Waals surface area contributed by atoms with Crippen molar-refractivity contribution in [1.29, 1.82) is 0 Å². The maximum Gasteiger partial charge on any atom is 0.187 e. The highest BCUT2D eigenvalue weighted by atomic mass is 19.1. The Morgan fingerprint density at radius 3 is 2.40 bits per heavy atom. The summed E-state index contributed by atoms with van der Waals surface area (Å²) in [6.45, 7) is -0.0238. The van der Waals surface area contributed by atoms with E-state index >= 15 is 0 Å². The standard InChI is InChI=1S/C8H9FN/c9-8(6-10)7-4-2-1-3-5-7/h1-5H,6,10H2. The van der Waals surface area contributed by atoms with Gasteiger partial charge in [-0.1, -0.05) is 30.3 Å². The zero-order valence-electron chi connectivity index (χ0n) is 5.55. The fraction of sp³-hybridized carbons (Fsp3) is 0.125. The van der Waals surface area contributed by atoms with Gasteiger partial charge in [-0.15, -0.1) is 0 Å². The van der Waals surface area contributed by atoms with Crippen molar-refractivity contribution in [2.24, 2.45) is 5.73 Å². The lowest BCUT2D eigenvalue weighted by atomic mass is 10.1. The summed E-state index contributed by atoms with van der Waals surface area (Å²) < 4.78 is 12.7. The lowest BCUT2D eigenvalue weighted by molar-refractivity contribution is 0.524. The second kappa shape index (κ2) is 3.32. The van der Waals surface area contributed by atoms with Crippen molar-refractivity contribution in [2.45, 2.75) is 0 Å². The number of halogens is 1. The van der Waals surface area contributed by atoms with Gasteiger partial charge in [0.1, 0.15) is 0 Å². The van der Waals surface area contributed by atoms with E-state index in [1.54, 1.807) is 24.3 Å². The van der Waals surface area contributed by atoms with Crippen LogP contribution in [0.15, 0.2) is 30.3 Å². The molecule has 1 nitrogen and oxygen atoms in total. The van der Waals surface area contributed by atoms with Crippen LogP contribution in [0.2, 0.25) is 0 Å². The van der Waals surface area contributed by atoms with Gasteiger partial charge < -0.3 is 5.73 Å². The van der Waals surface area contributed by atoms with Crippen molar-refractivity contribution in [3.05, 3.63) is 42.1 Å². The van der Waals surface area contributed by atoms with Crippen LogP contribution in [0.5, 0.6) is 0 Å². The van der Waals surface area contributed by atoms with Crippen LogP contribution < -0.4 is 5.73 Å². The van der Waals surface area contributed by atoms with Gasteiger partial charge in [0.25, 0.3) is 0 Å². The Hall–Kier alpha value is -0.890. The molecule has 0 aromatic heterocycles. The Bertz CT molecular complexity index is 186. The lowest BCUT2D eigenvalue weighted by Gasteiger charge is -2.01. The second-order valence-corrected chi connectivity index (χ2v) is 1.98. The van der Waals surface area contributed by atoms with Crippen LogP contribution in [0.1, 0.15) is 5.56 Å². The lowest BCUT2D eigenvalue weighted by Crippen LogP contribution is -2.07. The first kappa shape index (κ1) is 7.22. The Balaban J connectivity index is 2.75. The van der Waals surface area contributed by atoms with E-state index in [4.69, 9.17) is 5.73 Å². The number of nitrogens with two attached hydrogens (primary N) is 1. The molecule has 0 amide bonds. The molecule has 0 unspecified atom stereocenters. The van der Waals surface area contributed by atoms with Gasteiger partial charge in [0.15, 0.2) is 6.17 Å². The molecule has 0 saturated carbocycles. The SMILES string of the molecule is NC[C](F)c1ccccc1. The number of hydrogen-bond donors (Lipinski definition) is 1. The smallest absolute Gasteiger partial charge is 0.187 e. The largest absolute Gasteiger partial charge is 0.327 e. The Morgan fingerprint density at radius 1 is 1.30 bits per heavy atom. The maximum absolute atomic E-state index is 12.7. The molecule has 1 aromatic carbocycles. The van der Waals surface area contributed by atoms with Gasteiger partial charge in [-0.2, -0.15) is 0 Å². The topological polar surface area (TPSA) is 26.0 Å². The van der Waals surface area contributed by atoms with Gasteiger partial charge in [0, 0.05) is 6.54 Å². The molecule has 0 bridgehead atoms. The van der Waals surface area contributed by atoms with Gasteiger partial charge in [-0.25, -0.2) is 4.39 Å². The molecule has 0 spiro atoms. The first-order valence-electron chi connectivity index (χ1n) is 3.11. The average Bonchev–Trinajstić information content (AvgIpc) is 2.05. The molecule has 53 valence electrons. The highest BCUT2D eigenvalue weighted by molar-refractivity contribution is 5.26. The molecule has 1 radical (unpaired) electrons. The summed E-state index contributed by atoms with van der Waals surface area (Å²) in [6.07, 6.45) is -0.263. The Morgan fingerprint density at radius 2 is 1.90 bits per heavy atom. The average molecular weight is 138 g/mol. The van der Waals surface area contributed by atoms with Gasteiger partial charge in [-0.05, 0) is 5.56 Å². The van der Waals surface area contributed by atoms with Crippen molar-refractivity contribution >= 4 is 0 Å². The zero-order valence-corrected chi connectivity index (χ0v) is 5.55. The summed E-state index contributed by atoms with van der Waals surface area (Å²) in [7, 11) is 0. The van der Waals surface area contributed by atoms with Crippen molar-refractivity contribution in [1.82, 2.24) is 0 Å². The van der Waals surface area contributed by atoms with E-state index in [2.05, 4.69) is 0 Å². The summed E-state index contributed by atoms with van der Waals surface area (Å²) in [5.41, 5.74) is 5.67. The van der Waals surface area contributed by atoms with Gasteiger partial charge in [0.2, 0.25) is 0 Å². The van der Waals surface area contributed by atoms with Crippen molar-refractivity contribution in [2.75, 3.05) is 6.54 Å². The van der Waals surface area contributed by atoms with Crippen LogP contribution in [-0.2, 0) is 0 Å². The molecule has 0 heterocycles. The summed E-state index contributed by atoms with van der Waals surface area (Å²) in [4.78, 5) is 0. The fourth-order valence-electron chi connectivity index (χ4n) is 0.737. The van der Waals surface area contributed by atoms with Gasteiger partial charge in [-0.3, -0.25) is 0 Å². The molecule has 2 N–H and O–H groups in total. The first-order valence-corrected chi connectivity index (χ1v) is 3.11. The van der Waals surface area contributed by atoms with Gasteiger partial charge in [0.05, 0.1) is 0 Å². The molecule has 0 atom stereocenters. The minimum Gasteiger partial charge on any atom is -0.327 e. The highest BCUT2D eigenvalue weighted by Gasteiger charge is 2.05. The van der Waals surface area contributed by atoms with Crippen LogP contribution in [-0.4, -0.2) is 6.54 Å². The van der Waals surface area contributed by atoms with E-state index < -0.39 is 0 Å². The summed E-state index contributed by atoms with van der Waals surface area (Å²) in [6, 6.07) is 8.80. The second-order valence-electron chi connectivity index (χ2n) is 1.98. The molecule has 2 heteroatoms. The number of rotatable bonds is 2. The fourth-order valence-corrected chi connectivity index (χ4v) is 0.737. The summed E-state index contributed by atoms with van der Waals surface area (Å²) >= 11 is 0. The molecular weight excluding hydrogens is 129 g/mol. The maximum atomic E-state index is 12.7. The van der Waals surface area contributed by atoms with Crippen molar-refractivity contribution in [3.63, 3.8) is 0 Å². The predicted molar refractivity (Wildman–Crippen MR) is 38.9 cm³/mol. The first-order chi connectivity index (χ1) is 4.84. The molecule has 0 fully saturated rings. The minimum absolute atomic E-state index is 0.0238. The van der Waals surface area contributed by atoms with E-state index in [-0.39, 0.29) is 12.7 Å². The quantitative estimate of drug-likeness (QED) is 0.658. The molecule has 0 saturated heterocycles. The molecule has 1 aromatic rings. The Labute approximate surface area is 59.7 Å². The summed E-state index contributed by atoms with van der Waals surface area (Å²) in [5, 5.41) is 0. The van der Waals surface area contributed by atoms with Crippen LogP contribution in [0, 0.1) is 6.17 Å². The molecule has 0 aliphatic rings. The minimum atomic E-state index is -0.263. The van der Waals surface area contributed by atoms with E-state index in [0.29, 0.717) is 5.56 Å². The van der Waals surface area contributed by atoms with Crippen molar-refractivity contribution in [3.8, 4) is 0 Å². The molecule has 0 aliphatic carbocycles. The molecule has 1 rings (SSSR count). The van der Waals surface area contributed by atoms with E-state index in [1.165, 1.54) is 0 Å². The van der Waals surface area contributed by atoms with Gasteiger partial charge >= 0.3 is 0 Å². The third-order valence-electron chi connectivity index (χ3n) is 1.27. The number of hydrogen-bond acceptors (Lipinski definition) is 1. The zero-order chi connectivity index (χ0) is 7.40. The predicted octanol–water partition coefficient (Wildman–Crippen LogP) is 1.49. The summed E-state index contributed by atoms with van der Waals surface area (Å²) in [5.74, 6) is 0. The Kier molecular flexibility index (Phi) is 2.40. The molecular formula is C8H9FN. The van der Waals surface area contributed by atoms with E-state index in [0.717, 1.165) is 0 Å². The van der Waals surface area contributed by atoms with Crippen LogP contribution in [0.3, 0.4) is 0 Å². The van der Waals surface area contributed by atoms with Crippen LogP contribution >= 0.6 is 0 Å². The molecule has 10 heavy (non-hydrogen) atoms. The molecule has 0 aliphatic heterocycles. The third-order valence-corrected chi connectivity index (χ3v) is 1.27. The van der Waals surface area contributed by atoms with E-state index in [1.807, 2.05) is 6.07 Å². The van der Waals surface area contributed by atoms with E-state index in [9.17, 15) is 4.39 Å². The normalized spacial score (nSPS) is 10.3. The van der Waals surface area contributed by atoms with Crippen LogP contribution in [0.25, 0.3) is 0 Å². The number of benzene rings is 1. The van der Waals surface area contributed by atoms with Crippen LogP contribution in [0.4, 0.5) is 4.39 Å². The highest BCUT2D eigenvalue weighted by Crippen LogP contribution is 2.12. The monoisotopic (exact) mass is 138 g/mol.